The van der Waals surface area contributed by atoms with Gasteiger partial charge in [-0.25, -0.2) is 9.97 Å². The molecule has 4 aromatic rings. The molecule has 0 unspecified atom stereocenters. The molecule has 0 saturated heterocycles. The number of aromatic nitrogens is 2. The van der Waals surface area contributed by atoms with Crippen LogP contribution in [0.2, 0.25) is 0 Å². The number of furan rings is 2. The molecule has 2 aliphatic carbocycles. The molecule has 9 heteroatoms. The number of thiazole rings is 2. The Hall–Kier alpha value is -2.91. The molecule has 2 fully saturated rings. The number of ketones is 1. The predicted molar refractivity (Wildman–Crippen MR) is 143 cm³/mol. The Balaban J connectivity index is 1.55. The first-order valence-electron chi connectivity index (χ1n) is 12.7. The number of rotatable bonds is 6. The minimum absolute atomic E-state index is 0.266. The molecule has 4 heterocycles. The van der Waals surface area contributed by atoms with Crippen LogP contribution >= 0.6 is 22.7 Å². The van der Waals surface area contributed by atoms with E-state index in [4.69, 9.17) is 20.3 Å². The Morgan fingerprint density at radius 2 is 1.14 bits per heavy atom. The van der Waals surface area contributed by atoms with Crippen LogP contribution in [-0.2, 0) is 15.6 Å². The molecule has 0 atom stereocenters. The first kappa shape index (κ1) is 23.5. The number of carbonyl (C=O) groups is 1. The van der Waals surface area contributed by atoms with Crippen LogP contribution < -0.4 is 11.5 Å². The van der Waals surface area contributed by atoms with Crippen LogP contribution in [0.5, 0.6) is 0 Å². The third-order valence-electron chi connectivity index (χ3n) is 7.95. The second-order valence-corrected chi connectivity index (χ2v) is 12.1. The number of anilines is 2. The van der Waals surface area contributed by atoms with E-state index < -0.39 is 10.8 Å². The lowest BCUT2D eigenvalue weighted by atomic mass is 9.57. The predicted octanol–water partition coefficient (Wildman–Crippen LogP) is 6.96. The van der Waals surface area contributed by atoms with Crippen LogP contribution in [0.4, 0.5) is 10.3 Å². The zero-order valence-electron chi connectivity index (χ0n) is 20.1. The fourth-order valence-corrected chi connectivity index (χ4v) is 8.53. The third kappa shape index (κ3) is 3.71. The molecule has 4 aromatic heterocycles. The van der Waals surface area contributed by atoms with Gasteiger partial charge in [0.05, 0.1) is 33.1 Å². The molecule has 2 saturated carbocycles. The van der Waals surface area contributed by atoms with Crippen LogP contribution in [0.3, 0.4) is 0 Å². The van der Waals surface area contributed by atoms with E-state index in [-0.39, 0.29) is 5.78 Å². The summed E-state index contributed by atoms with van der Waals surface area (Å²) in [6.45, 7) is 0. The summed E-state index contributed by atoms with van der Waals surface area (Å²) in [6, 6.07) is 7.49. The molecular formula is C27H30N4O3S2. The second-order valence-electron chi connectivity index (χ2n) is 10.0. The van der Waals surface area contributed by atoms with Gasteiger partial charge in [-0.3, -0.25) is 4.79 Å². The molecule has 0 amide bonds. The highest BCUT2D eigenvalue weighted by Gasteiger charge is 2.55. The number of hydrogen-bond acceptors (Lipinski definition) is 9. The summed E-state index contributed by atoms with van der Waals surface area (Å²) >= 11 is 2.88. The van der Waals surface area contributed by atoms with E-state index >= 15 is 4.79 Å². The third-order valence-corrected chi connectivity index (χ3v) is 10.1. The lowest BCUT2D eigenvalue weighted by Crippen LogP contribution is -2.51. The average Bonchev–Trinajstić information content (AvgIpc) is 3.71. The molecule has 7 nitrogen and oxygen atoms in total. The quantitative estimate of drug-likeness (QED) is 0.281. The standard InChI is InChI=1S/C27H30N4O3S2/c28-24-30-19(17-9-7-15-33-17)21(35-24)26(11-3-1-4-12-26)23(32)27(13-5-2-6-14-27)22-20(31-25(29)36-22)18-10-8-16-34-18/h7-10,15-16H,1-6,11-14H2,(H2,28,30)(H2,29,31). The smallest absolute Gasteiger partial charge is 0.180 e. The van der Waals surface area contributed by atoms with Crippen LogP contribution in [0, 0.1) is 0 Å². The molecular weight excluding hydrogens is 492 g/mol. The van der Waals surface area contributed by atoms with Gasteiger partial charge in [0.15, 0.2) is 27.6 Å². The fraction of sp³-hybridized carbons (Fsp3) is 0.444. The Bertz CT molecular complexity index is 1240. The SMILES string of the molecule is Nc1nc(-c2ccco2)c(C2(C(=O)C3(c4sc(N)nc4-c4ccco4)CCCCC3)CCCCC2)s1. The number of nitrogen functional groups attached to an aromatic ring is 2. The zero-order chi connectivity index (χ0) is 24.8. The van der Waals surface area contributed by atoms with Gasteiger partial charge in [-0.1, -0.05) is 38.5 Å². The van der Waals surface area contributed by atoms with Gasteiger partial charge in [0.2, 0.25) is 0 Å². The number of carbonyl (C=O) groups excluding carboxylic acids is 1. The highest BCUT2D eigenvalue weighted by molar-refractivity contribution is 7.16. The maximum absolute atomic E-state index is 15.3. The number of nitrogens with zero attached hydrogens (tertiary/aromatic N) is 2. The van der Waals surface area contributed by atoms with Crippen molar-refractivity contribution in [3.8, 4) is 22.9 Å². The molecule has 0 aliphatic heterocycles. The molecule has 36 heavy (non-hydrogen) atoms. The first-order chi connectivity index (χ1) is 17.5. The first-order valence-corrected chi connectivity index (χ1v) is 14.3. The van der Waals surface area contributed by atoms with Gasteiger partial charge >= 0.3 is 0 Å². The summed E-state index contributed by atoms with van der Waals surface area (Å²) in [5.41, 5.74) is 12.6. The van der Waals surface area contributed by atoms with Gasteiger partial charge in [-0.05, 0) is 49.9 Å². The van der Waals surface area contributed by atoms with Crippen LogP contribution in [0.15, 0.2) is 45.6 Å². The summed E-state index contributed by atoms with van der Waals surface area (Å²) < 4.78 is 11.5. The number of hydrogen-bond donors (Lipinski definition) is 2. The maximum Gasteiger partial charge on any atom is 0.180 e. The average molecular weight is 523 g/mol. The van der Waals surface area contributed by atoms with E-state index in [0.717, 1.165) is 74.0 Å². The van der Waals surface area contributed by atoms with E-state index in [2.05, 4.69) is 9.97 Å². The van der Waals surface area contributed by atoms with Crippen LogP contribution in [-0.4, -0.2) is 15.8 Å². The molecule has 0 radical (unpaired) electrons. The highest BCUT2D eigenvalue weighted by atomic mass is 32.1. The summed E-state index contributed by atoms with van der Waals surface area (Å²) in [6.07, 6.45) is 12.6. The van der Waals surface area contributed by atoms with Gasteiger partial charge in [-0.2, -0.15) is 0 Å². The monoisotopic (exact) mass is 522 g/mol. The summed E-state index contributed by atoms with van der Waals surface area (Å²) in [5, 5.41) is 0.926. The van der Waals surface area contributed by atoms with Crippen molar-refractivity contribution in [2.45, 2.75) is 75.0 Å². The second kappa shape index (κ2) is 9.19. The topological polar surface area (TPSA) is 121 Å². The largest absolute Gasteiger partial charge is 0.463 e. The van der Waals surface area contributed by atoms with Crippen molar-refractivity contribution in [3.05, 3.63) is 46.5 Å². The Labute approximate surface area is 217 Å². The van der Waals surface area contributed by atoms with Gasteiger partial charge in [0.25, 0.3) is 0 Å². The van der Waals surface area contributed by atoms with Gasteiger partial charge in [0, 0.05) is 0 Å². The van der Waals surface area contributed by atoms with Crippen molar-refractivity contribution in [1.82, 2.24) is 9.97 Å². The van der Waals surface area contributed by atoms with Crippen molar-refractivity contribution in [1.29, 1.82) is 0 Å². The molecule has 6 rings (SSSR count). The van der Waals surface area contributed by atoms with E-state index in [0.29, 0.717) is 33.2 Å². The summed E-state index contributed by atoms with van der Waals surface area (Å²) in [5.74, 6) is 1.58. The highest BCUT2D eigenvalue weighted by Crippen LogP contribution is 2.56. The van der Waals surface area contributed by atoms with Gasteiger partial charge in [0.1, 0.15) is 11.4 Å². The zero-order valence-corrected chi connectivity index (χ0v) is 21.8. The van der Waals surface area contributed by atoms with Crippen molar-refractivity contribution in [2.75, 3.05) is 11.5 Å². The summed E-state index contributed by atoms with van der Waals surface area (Å²) in [4.78, 5) is 26.5. The Morgan fingerprint density at radius 1 is 0.722 bits per heavy atom. The van der Waals surface area contributed by atoms with Crippen molar-refractivity contribution >= 4 is 38.7 Å². The summed E-state index contributed by atoms with van der Waals surface area (Å²) in [7, 11) is 0. The molecule has 2 aliphatic rings. The minimum Gasteiger partial charge on any atom is -0.463 e. The van der Waals surface area contributed by atoms with Crippen LogP contribution in [0.1, 0.15) is 74.0 Å². The number of nitrogens with two attached hydrogens (primary N) is 2. The molecule has 0 aromatic carbocycles. The Morgan fingerprint density at radius 3 is 1.50 bits per heavy atom. The van der Waals surface area contributed by atoms with E-state index in [1.54, 1.807) is 12.5 Å². The van der Waals surface area contributed by atoms with Crippen LogP contribution in [0.25, 0.3) is 22.9 Å². The molecule has 188 valence electrons. The maximum atomic E-state index is 15.3. The normalized spacial score (nSPS) is 19.3. The fourth-order valence-electron chi connectivity index (χ4n) is 6.37. The lowest BCUT2D eigenvalue weighted by Gasteiger charge is -2.45. The molecule has 0 spiro atoms. The van der Waals surface area contributed by atoms with Gasteiger partial charge in [-0.15, -0.1) is 22.7 Å². The lowest BCUT2D eigenvalue weighted by molar-refractivity contribution is -0.132. The van der Waals surface area contributed by atoms with Crippen molar-refractivity contribution in [2.24, 2.45) is 0 Å². The van der Waals surface area contributed by atoms with E-state index in [1.165, 1.54) is 22.7 Å². The number of Topliss-reactive ketones (excluding diaryl/α,β-unsaturated/α-hetero) is 1. The molecule has 0 bridgehead atoms. The van der Waals surface area contributed by atoms with E-state index in [9.17, 15) is 0 Å². The minimum atomic E-state index is -0.674. The Kier molecular flexibility index (Phi) is 6.00. The van der Waals surface area contributed by atoms with Gasteiger partial charge < -0.3 is 20.3 Å². The van der Waals surface area contributed by atoms with E-state index in [1.807, 2.05) is 24.3 Å². The van der Waals surface area contributed by atoms with Crippen molar-refractivity contribution in [3.63, 3.8) is 0 Å². The van der Waals surface area contributed by atoms with Crippen molar-refractivity contribution < 1.29 is 13.6 Å². The molecule has 4 N–H and O–H groups in total.